The lowest BCUT2D eigenvalue weighted by Gasteiger charge is -2.25. The first-order valence-corrected chi connectivity index (χ1v) is 6.71. The summed E-state index contributed by atoms with van der Waals surface area (Å²) in [6, 6.07) is 3.53. The number of halogens is 2. The minimum atomic E-state index is -0.658. The molecule has 1 aromatic rings. The maximum Gasteiger partial charge on any atom is 0.126 e. The normalized spacial score (nSPS) is 14.5. The van der Waals surface area contributed by atoms with Gasteiger partial charge in [0.05, 0.1) is 0 Å². The molecule has 0 aliphatic heterocycles. The number of hydrogen-bond acceptors (Lipinski definition) is 1. The van der Waals surface area contributed by atoms with Crippen molar-refractivity contribution >= 4 is 0 Å². The van der Waals surface area contributed by atoms with Crippen molar-refractivity contribution in [3.05, 3.63) is 35.4 Å². The van der Waals surface area contributed by atoms with E-state index in [-0.39, 0.29) is 0 Å². The maximum absolute atomic E-state index is 13.2. The Kier molecular flexibility index (Phi) is 5.73. The SMILES string of the molecule is CCCCCCCC(C)(N)c1cc(F)cc(F)c1. The molecule has 1 nitrogen and oxygen atoms in total. The van der Waals surface area contributed by atoms with Crippen LogP contribution in [-0.2, 0) is 5.54 Å². The van der Waals surface area contributed by atoms with Gasteiger partial charge in [-0.2, -0.15) is 0 Å². The highest BCUT2D eigenvalue weighted by Crippen LogP contribution is 2.26. The number of nitrogens with two attached hydrogens (primary N) is 1. The van der Waals surface area contributed by atoms with Crippen molar-refractivity contribution in [2.75, 3.05) is 0 Å². The number of unbranched alkanes of at least 4 members (excludes halogenated alkanes) is 4. The Morgan fingerprint density at radius 2 is 1.56 bits per heavy atom. The van der Waals surface area contributed by atoms with Crippen LogP contribution in [0.5, 0.6) is 0 Å². The second-order valence-electron chi connectivity index (χ2n) is 5.24. The van der Waals surface area contributed by atoms with Crippen LogP contribution in [0, 0.1) is 11.6 Å². The molecular formula is C15H23F2N. The van der Waals surface area contributed by atoms with Gasteiger partial charge in [-0.1, -0.05) is 39.0 Å². The van der Waals surface area contributed by atoms with Gasteiger partial charge in [0, 0.05) is 11.6 Å². The van der Waals surface area contributed by atoms with Crippen molar-refractivity contribution < 1.29 is 8.78 Å². The lowest BCUT2D eigenvalue weighted by Crippen LogP contribution is -2.33. The van der Waals surface area contributed by atoms with Gasteiger partial charge in [-0.05, 0) is 31.0 Å². The Labute approximate surface area is 108 Å². The molecule has 0 aliphatic carbocycles. The Hall–Kier alpha value is -0.960. The highest BCUT2D eigenvalue weighted by Gasteiger charge is 2.21. The van der Waals surface area contributed by atoms with Crippen LogP contribution in [0.1, 0.15) is 57.9 Å². The van der Waals surface area contributed by atoms with Crippen molar-refractivity contribution in [3.63, 3.8) is 0 Å². The van der Waals surface area contributed by atoms with E-state index in [1.165, 1.54) is 31.4 Å². The minimum absolute atomic E-state index is 0.537. The van der Waals surface area contributed by atoms with E-state index in [1.54, 1.807) is 0 Å². The van der Waals surface area contributed by atoms with Crippen molar-refractivity contribution in [1.82, 2.24) is 0 Å². The number of rotatable bonds is 7. The standard InChI is InChI=1S/C15H23F2N/c1-3-4-5-6-7-8-15(2,18)12-9-13(16)11-14(17)10-12/h9-11H,3-8,18H2,1-2H3. The van der Waals surface area contributed by atoms with E-state index in [0.717, 1.165) is 25.3 Å². The van der Waals surface area contributed by atoms with Crippen molar-refractivity contribution in [2.24, 2.45) is 5.73 Å². The summed E-state index contributed by atoms with van der Waals surface area (Å²) in [5, 5.41) is 0. The lowest BCUT2D eigenvalue weighted by atomic mass is 9.87. The van der Waals surface area contributed by atoms with E-state index in [2.05, 4.69) is 6.92 Å². The minimum Gasteiger partial charge on any atom is -0.322 e. The first kappa shape index (κ1) is 15.1. The molecule has 0 aromatic heterocycles. The molecule has 0 saturated heterocycles. The van der Waals surface area contributed by atoms with E-state index in [0.29, 0.717) is 5.56 Å². The van der Waals surface area contributed by atoms with Crippen LogP contribution in [0.15, 0.2) is 18.2 Å². The van der Waals surface area contributed by atoms with Crippen LogP contribution in [0.2, 0.25) is 0 Å². The van der Waals surface area contributed by atoms with Crippen LogP contribution in [-0.4, -0.2) is 0 Å². The molecule has 1 unspecified atom stereocenters. The molecule has 18 heavy (non-hydrogen) atoms. The van der Waals surface area contributed by atoms with Gasteiger partial charge in [0.15, 0.2) is 0 Å². The molecule has 0 aliphatic rings. The summed E-state index contributed by atoms with van der Waals surface area (Å²) >= 11 is 0. The molecule has 0 saturated carbocycles. The van der Waals surface area contributed by atoms with Crippen LogP contribution in [0.3, 0.4) is 0 Å². The van der Waals surface area contributed by atoms with E-state index in [4.69, 9.17) is 5.73 Å². The molecule has 3 heteroatoms. The Morgan fingerprint density at radius 1 is 1.00 bits per heavy atom. The van der Waals surface area contributed by atoms with Crippen molar-refractivity contribution in [2.45, 2.75) is 57.9 Å². The largest absolute Gasteiger partial charge is 0.322 e. The van der Waals surface area contributed by atoms with Crippen molar-refractivity contribution in [1.29, 1.82) is 0 Å². The third-order valence-electron chi connectivity index (χ3n) is 3.32. The quantitative estimate of drug-likeness (QED) is 0.713. The van der Waals surface area contributed by atoms with Gasteiger partial charge in [0.25, 0.3) is 0 Å². The Bertz CT molecular complexity index is 355. The van der Waals surface area contributed by atoms with Gasteiger partial charge in [-0.15, -0.1) is 0 Å². The summed E-state index contributed by atoms with van der Waals surface area (Å²) in [4.78, 5) is 0. The van der Waals surface area contributed by atoms with Crippen LogP contribution in [0.25, 0.3) is 0 Å². The van der Waals surface area contributed by atoms with Gasteiger partial charge in [-0.25, -0.2) is 8.78 Å². The summed E-state index contributed by atoms with van der Waals surface area (Å²) < 4.78 is 26.3. The maximum atomic E-state index is 13.2. The first-order chi connectivity index (χ1) is 8.45. The average molecular weight is 255 g/mol. The fourth-order valence-corrected chi connectivity index (χ4v) is 2.12. The van der Waals surface area contributed by atoms with Crippen molar-refractivity contribution in [3.8, 4) is 0 Å². The fourth-order valence-electron chi connectivity index (χ4n) is 2.12. The molecule has 102 valence electrons. The summed E-state index contributed by atoms with van der Waals surface area (Å²) in [5.74, 6) is -1.12. The summed E-state index contributed by atoms with van der Waals surface area (Å²) in [7, 11) is 0. The first-order valence-electron chi connectivity index (χ1n) is 6.71. The third-order valence-corrected chi connectivity index (χ3v) is 3.32. The van der Waals surface area contributed by atoms with E-state index < -0.39 is 17.2 Å². The highest BCUT2D eigenvalue weighted by molar-refractivity contribution is 5.24. The highest BCUT2D eigenvalue weighted by atomic mass is 19.1. The summed E-state index contributed by atoms with van der Waals surface area (Å²) in [5.41, 5.74) is 6.04. The zero-order valence-corrected chi connectivity index (χ0v) is 11.3. The lowest BCUT2D eigenvalue weighted by molar-refractivity contribution is 0.417. The summed E-state index contributed by atoms with van der Waals surface area (Å²) in [6.45, 7) is 4.00. The molecule has 1 aromatic carbocycles. The smallest absolute Gasteiger partial charge is 0.126 e. The van der Waals surface area contributed by atoms with Crippen LogP contribution in [0.4, 0.5) is 8.78 Å². The topological polar surface area (TPSA) is 26.0 Å². The molecule has 0 amide bonds. The van der Waals surface area contributed by atoms with Gasteiger partial charge >= 0.3 is 0 Å². The molecule has 0 heterocycles. The van der Waals surface area contributed by atoms with Gasteiger partial charge < -0.3 is 5.73 Å². The predicted molar refractivity (Wildman–Crippen MR) is 71.3 cm³/mol. The zero-order valence-electron chi connectivity index (χ0n) is 11.3. The number of hydrogen-bond donors (Lipinski definition) is 1. The van der Waals surface area contributed by atoms with E-state index in [1.807, 2.05) is 6.92 Å². The van der Waals surface area contributed by atoms with Crippen LogP contribution < -0.4 is 5.73 Å². The van der Waals surface area contributed by atoms with E-state index in [9.17, 15) is 8.78 Å². The predicted octanol–water partition coefficient (Wildman–Crippen LogP) is 4.50. The number of benzene rings is 1. The molecule has 1 rings (SSSR count). The van der Waals surface area contributed by atoms with Gasteiger partial charge in [-0.3, -0.25) is 0 Å². The fraction of sp³-hybridized carbons (Fsp3) is 0.600. The second-order valence-corrected chi connectivity index (χ2v) is 5.24. The summed E-state index contributed by atoms with van der Waals surface area (Å²) in [6.07, 6.45) is 6.50. The van der Waals surface area contributed by atoms with E-state index >= 15 is 0 Å². The molecule has 2 N–H and O–H groups in total. The van der Waals surface area contributed by atoms with Gasteiger partial charge in [0.2, 0.25) is 0 Å². The molecule has 0 radical (unpaired) electrons. The third kappa shape index (κ3) is 4.73. The molecule has 1 atom stereocenters. The molecular weight excluding hydrogens is 232 g/mol. The molecule has 0 fully saturated rings. The van der Waals surface area contributed by atoms with Crippen LogP contribution >= 0.6 is 0 Å². The Morgan fingerprint density at radius 3 is 2.11 bits per heavy atom. The Balaban J connectivity index is 2.56. The zero-order chi connectivity index (χ0) is 13.6. The monoisotopic (exact) mass is 255 g/mol. The van der Waals surface area contributed by atoms with Gasteiger partial charge in [0.1, 0.15) is 11.6 Å². The molecule has 0 bridgehead atoms. The second kappa shape index (κ2) is 6.83. The average Bonchev–Trinajstić information content (AvgIpc) is 2.27. The molecule has 0 spiro atoms.